The van der Waals surface area contributed by atoms with Gasteiger partial charge < -0.3 is 10.4 Å². The highest BCUT2D eigenvalue weighted by atomic mass is 35.5. The van der Waals surface area contributed by atoms with E-state index >= 15 is 0 Å². The van der Waals surface area contributed by atoms with Crippen LogP contribution in [-0.4, -0.2) is 39.2 Å². The quantitative estimate of drug-likeness (QED) is 0.813. The first-order valence-corrected chi connectivity index (χ1v) is 8.02. The first kappa shape index (κ1) is 17.4. The SMILES string of the molecule is CC[C@@H](CCO)CNC(=O)c1nnn(-c2ccccc2Cl)c1C. The van der Waals surface area contributed by atoms with E-state index in [1.807, 2.05) is 25.1 Å². The van der Waals surface area contributed by atoms with E-state index in [1.54, 1.807) is 17.7 Å². The number of nitrogens with one attached hydrogen (secondary N) is 1. The second-order valence-electron chi connectivity index (χ2n) is 5.38. The normalized spacial score (nSPS) is 12.2. The van der Waals surface area contributed by atoms with Crippen LogP contribution in [0.4, 0.5) is 0 Å². The molecule has 2 rings (SSSR count). The lowest BCUT2D eigenvalue weighted by molar-refractivity contribution is 0.0938. The molecule has 1 atom stereocenters. The fourth-order valence-corrected chi connectivity index (χ4v) is 2.56. The molecule has 1 heterocycles. The zero-order chi connectivity index (χ0) is 16.8. The standard InChI is InChI=1S/C16H21ClN4O2/c1-3-12(8-9-22)10-18-16(23)15-11(2)21(20-19-15)14-7-5-4-6-13(14)17/h4-7,12,22H,3,8-10H2,1-2H3,(H,18,23)/t12-/m0/s1. The number of nitrogens with zero attached hydrogens (tertiary/aromatic N) is 3. The lowest BCUT2D eigenvalue weighted by Gasteiger charge is -2.13. The molecule has 0 aliphatic carbocycles. The highest BCUT2D eigenvalue weighted by Gasteiger charge is 2.19. The van der Waals surface area contributed by atoms with Crippen molar-refractivity contribution >= 4 is 17.5 Å². The minimum atomic E-state index is -0.266. The molecule has 0 fully saturated rings. The Morgan fingerprint density at radius 2 is 2.17 bits per heavy atom. The van der Waals surface area contributed by atoms with Crippen molar-refractivity contribution in [2.24, 2.45) is 5.92 Å². The molecule has 0 radical (unpaired) electrons. The van der Waals surface area contributed by atoms with Gasteiger partial charge in [-0.25, -0.2) is 4.68 Å². The number of rotatable bonds is 7. The van der Waals surface area contributed by atoms with Crippen LogP contribution in [0.3, 0.4) is 0 Å². The maximum absolute atomic E-state index is 12.3. The van der Waals surface area contributed by atoms with Crippen molar-refractivity contribution in [3.8, 4) is 5.69 Å². The number of para-hydroxylation sites is 1. The van der Waals surface area contributed by atoms with E-state index in [2.05, 4.69) is 15.6 Å². The van der Waals surface area contributed by atoms with E-state index in [-0.39, 0.29) is 24.1 Å². The summed E-state index contributed by atoms with van der Waals surface area (Å²) in [5, 5.41) is 20.4. The molecule has 23 heavy (non-hydrogen) atoms. The Morgan fingerprint density at radius 3 is 2.83 bits per heavy atom. The average molecular weight is 337 g/mol. The van der Waals surface area contributed by atoms with E-state index < -0.39 is 0 Å². The average Bonchev–Trinajstić information content (AvgIpc) is 2.93. The summed E-state index contributed by atoms with van der Waals surface area (Å²) in [7, 11) is 0. The maximum atomic E-state index is 12.3. The Morgan fingerprint density at radius 1 is 1.43 bits per heavy atom. The lowest BCUT2D eigenvalue weighted by Crippen LogP contribution is -2.30. The van der Waals surface area contributed by atoms with E-state index in [9.17, 15) is 4.79 Å². The van der Waals surface area contributed by atoms with Crippen molar-refractivity contribution in [2.45, 2.75) is 26.7 Å². The third-order valence-corrected chi connectivity index (χ3v) is 4.18. The van der Waals surface area contributed by atoms with Crippen molar-refractivity contribution in [2.75, 3.05) is 13.2 Å². The van der Waals surface area contributed by atoms with Crippen LogP contribution in [0.2, 0.25) is 5.02 Å². The summed E-state index contributed by atoms with van der Waals surface area (Å²) in [6, 6.07) is 7.26. The Hall–Kier alpha value is -1.92. The number of carbonyl (C=O) groups is 1. The highest BCUT2D eigenvalue weighted by Crippen LogP contribution is 2.21. The molecule has 0 saturated heterocycles. The molecule has 6 nitrogen and oxygen atoms in total. The number of hydrogen-bond donors (Lipinski definition) is 2. The van der Waals surface area contributed by atoms with Crippen molar-refractivity contribution < 1.29 is 9.90 Å². The fraction of sp³-hybridized carbons (Fsp3) is 0.438. The monoisotopic (exact) mass is 336 g/mol. The second kappa shape index (κ2) is 8.08. The minimum absolute atomic E-state index is 0.121. The Bertz CT molecular complexity index is 672. The molecule has 0 spiro atoms. The van der Waals surface area contributed by atoms with Gasteiger partial charge in [-0.1, -0.05) is 42.3 Å². The van der Waals surface area contributed by atoms with Crippen LogP contribution in [-0.2, 0) is 0 Å². The molecule has 1 aromatic carbocycles. The largest absolute Gasteiger partial charge is 0.396 e. The summed E-state index contributed by atoms with van der Waals surface area (Å²) in [4.78, 5) is 12.3. The topological polar surface area (TPSA) is 80.0 Å². The summed E-state index contributed by atoms with van der Waals surface area (Å²) in [6.07, 6.45) is 1.56. The molecule has 2 aromatic rings. The smallest absolute Gasteiger partial charge is 0.273 e. The molecule has 124 valence electrons. The molecule has 0 saturated carbocycles. The van der Waals surface area contributed by atoms with Crippen molar-refractivity contribution in [3.05, 3.63) is 40.7 Å². The predicted octanol–water partition coefficient (Wildman–Crippen LogP) is 2.37. The Labute approximate surface area is 140 Å². The molecular formula is C16H21ClN4O2. The first-order chi connectivity index (χ1) is 11.1. The highest BCUT2D eigenvalue weighted by molar-refractivity contribution is 6.32. The zero-order valence-corrected chi connectivity index (χ0v) is 14.0. The van der Waals surface area contributed by atoms with Crippen LogP contribution < -0.4 is 5.32 Å². The Kier molecular flexibility index (Phi) is 6.12. The molecule has 1 aromatic heterocycles. The Balaban J connectivity index is 2.13. The summed E-state index contributed by atoms with van der Waals surface area (Å²) in [6.45, 7) is 4.44. The molecule has 7 heteroatoms. The minimum Gasteiger partial charge on any atom is -0.396 e. The number of aliphatic hydroxyl groups is 1. The van der Waals surface area contributed by atoms with Crippen molar-refractivity contribution in [1.29, 1.82) is 0 Å². The molecule has 2 N–H and O–H groups in total. The van der Waals surface area contributed by atoms with E-state index in [1.165, 1.54) is 0 Å². The van der Waals surface area contributed by atoms with Gasteiger partial charge in [-0.15, -0.1) is 5.10 Å². The van der Waals surface area contributed by atoms with E-state index in [0.717, 1.165) is 6.42 Å². The van der Waals surface area contributed by atoms with Gasteiger partial charge in [-0.2, -0.15) is 0 Å². The van der Waals surface area contributed by atoms with Gasteiger partial charge in [0.15, 0.2) is 5.69 Å². The third-order valence-electron chi connectivity index (χ3n) is 3.86. The van der Waals surface area contributed by atoms with Gasteiger partial charge in [-0.05, 0) is 31.4 Å². The second-order valence-corrected chi connectivity index (χ2v) is 5.79. The van der Waals surface area contributed by atoms with Crippen molar-refractivity contribution in [1.82, 2.24) is 20.3 Å². The van der Waals surface area contributed by atoms with Gasteiger partial charge in [0.25, 0.3) is 5.91 Å². The zero-order valence-electron chi connectivity index (χ0n) is 13.3. The summed E-state index contributed by atoms with van der Waals surface area (Å²) in [5.74, 6) is -0.0138. The van der Waals surface area contributed by atoms with Gasteiger partial charge >= 0.3 is 0 Å². The van der Waals surface area contributed by atoms with Crippen LogP contribution in [0, 0.1) is 12.8 Å². The number of halogens is 1. The summed E-state index contributed by atoms with van der Waals surface area (Å²) in [5.41, 5.74) is 1.60. The number of benzene rings is 1. The summed E-state index contributed by atoms with van der Waals surface area (Å²) < 4.78 is 1.56. The number of aromatic nitrogens is 3. The molecular weight excluding hydrogens is 316 g/mol. The van der Waals surface area contributed by atoms with Gasteiger partial charge in [0.1, 0.15) is 0 Å². The molecule has 0 aliphatic heterocycles. The number of amides is 1. The number of aliphatic hydroxyl groups excluding tert-OH is 1. The fourth-order valence-electron chi connectivity index (χ4n) is 2.35. The summed E-state index contributed by atoms with van der Waals surface area (Å²) >= 11 is 6.16. The van der Waals surface area contributed by atoms with Gasteiger partial charge in [0.2, 0.25) is 0 Å². The van der Waals surface area contributed by atoms with Crippen LogP contribution in [0.25, 0.3) is 5.69 Å². The van der Waals surface area contributed by atoms with Crippen LogP contribution in [0.1, 0.15) is 35.9 Å². The van der Waals surface area contributed by atoms with Crippen LogP contribution >= 0.6 is 11.6 Å². The number of carbonyl (C=O) groups excluding carboxylic acids is 1. The van der Waals surface area contributed by atoms with Crippen LogP contribution in [0.5, 0.6) is 0 Å². The third kappa shape index (κ3) is 4.09. The first-order valence-electron chi connectivity index (χ1n) is 7.64. The van der Waals surface area contributed by atoms with Crippen LogP contribution in [0.15, 0.2) is 24.3 Å². The van der Waals surface area contributed by atoms with Gasteiger partial charge in [0.05, 0.1) is 16.4 Å². The molecule has 0 bridgehead atoms. The predicted molar refractivity (Wildman–Crippen MR) is 88.9 cm³/mol. The van der Waals surface area contributed by atoms with E-state index in [4.69, 9.17) is 16.7 Å². The molecule has 1 amide bonds. The van der Waals surface area contributed by atoms with E-state index in [0.29, 0.717) is 29.4 Å². The van der Waals surface area contributed by atoms with Gasteiger partial charge in [-0.3, -0.25) is 4.79 Å². The van der Waals surface area contributed by atoms with Gasteiger partial charge in [0, 0.05) is 13.2 Å². The molecule has 0 unspecified atom stereocenters. The van der Waals surface area contributed by atoms with Crippen molar-refractivity contribution in [3.63, 3.8) is 0 Å². The maximum Gasteiger partial charge on any atom is 0.273 e. The number of hydrogen-bond acceptors (Lipinski definition) is 4. The molecule has 0 aliphatic rings. The lowest BCUT2D eigenvalue weighted by atomic mass is 10.0.